The third kappa shape index (κ3) is 10.8. The largest absolute Gasteiger partial charge is 0.300 e. The van der Waals surface area contributed by atoms with Gasteiger partial charge in [0.15, 0.2) is 0 Å². The van der Waals surface area contributed by atoms with Crippen LogP contribution in [0.2, 0.25) is 0 Å². The number of carbonyl (C=O) groups is 2. The highest BCUT2D eigenvalue weighted by molar-refractivity contribution is 5.81. The van der Waals surface area contributed by atoms with Crippen molar-refractivity contribution in [2.45, 2.75) is 130 Å². The van der Waals surface area contributed by atoms with E-state index in [0.29, 0.717) is 23.9 Å². The lowest BCUT2D eigenvalue weighted by Crippen LogP contribution is -2.21. The zero-order valence-corrected chi connectivity index (χ0v) is 19.4. The summed E-state index contributed by atoms with van der Waals surface area (Å²) < 4.78 is 0. The van der Waals surface area contributed by atoms with Crippen LogP contribution in [0.5, 0.6) is 0 Å². The highest BCUT2D eigenvalue weighted by atomic mass is 16.1. The van der Waals surface area contributed by atoms with Crippen LogP contribution in [0, 0.1) is 23.7 Å². The topological polar surface area (TPSA) is 34.1 Å². The molecule has 2 nitrogen and oxygen atoms in total. The van der Waals surface area contributed by atoms with Crippen molar-refractivity contribution < 1.29 is 9.59 Å². The van der Waals surface area contributed by atoms with Crippen LogP contribution in [0.4, 0.5) is 0 Å². The highest BCUT2D eigenvalue weighted by Gasteiger charge is 2.25. The quantitative estimate of drug-likeness (QED) is 0.267. The molecule has 4 atom stereocenters. The normalized spacial score (nSPS) is 22.0. The van der Waals surface area contributed by atoms with E-state index in [9.17, 15) is 9.59 Å². The Morgan fingerprint density at radius 3 is 2.11 bits per heavy atom. The van der Waals surface area contributed by atoms with Crippen molar-refractivity contribution in [2.75, 3.05) is 0 Å². The van der Waals surface area contributed by atoms with Gasteiger partial charge in [0.05, 0.1) is 0 Å². The Bertz CT molecular complexity index is 426. The summed E-state index contributed by atoms with van der Waals surface area (Å²) >= 11 is 0. The molecule has 28 heavy (non-hydrogen) atoms. The van der Waals surface area contributed by atoms with Crippen molar-refractivity contribution in [3.63, 3.8) is 0 Å². The van der Waals surface area contributed by atoms with E-state index in [1.807, 2.05) is 0 Å². The van der Waals surface area contributed by atoms with Crippen molar-refractivity contribution in [1.29, 1.82) is 0 Å². The monoisotopic (exact) mass is 392 g/mol. The highest BCUT2D eigenvalue weighted by Crippen LogP contribution is 2.36. The molecule has 0 aromatic rings. The van der Waals surface area contributed by atoms with Gasteiger partial charge in [0.2, 0.25) is 0 Å². The Labute approximate surface area is 175 Å². The Kier molecular flexibility index (Phi) is 13.8. The van der Waals surface area contributed by atoms with Crippen LogP contribution < -0.4 is 0 Å². The van der Waals surface area contributed by atoms with Crippen molar-refractivity contribution in [3.8, 4) is 0 Å². The summed E-state index contributed by atoms with van der Waals surface area (Å²) in [7, 11) is 0. The smallest absolute Gasteiger partial charge is 0.135 e. The molecule has 0 aliphatic heterocycles. The summed E-state index contributed by atoms with van der Waals surface area (Å²) in [6.07, 6.45) is 17.9. The molecule has 0 N–H and O–H groups in total. The van der Waals surface area contributed by atoms with Gasteiger partial charge in [0, 0.05) is 25.2 Å². The van der Waals surface area contributed by atoms with Crippen LogP contribution in [-0.2, 0) is 9.59 Å². The molecule has 1 fully saturated rings. The molecule has 1 saturated carbocycles. The number of carbonyl (C=O) groups excluding carboxylic acids is 2. The second-order valence-corrected chi connectivity index (χ2v) is 9.72. The van der Waals surface area contributed by atoms with Crippen LogP contribution in [0.25, 0.3) is 0 Å². The maximum absolute atomic E-state index is 12.6. The summed E-state index contributed by atoms with van der Waals surface area (Å²) in [6, 6.07) is 0. The summed E-state index contributed by atoms with van der Waals surface area (Å²) in [4.78, 5) is 24.7. The molecule has 0 heterocycles. The molecule has 0 spiro atoms. The van der Waals surface area contributed by atoms with E-state index in [1.54, 1.807) is 0 Å². The molecule has 164 valence electrons. The molecule has 0 amide bonds. The molecule has 2 heteroatoms. The summed E-state index contributed by atoms with van der Waals surface area (Å²) in [5, 5.41) is 0. The minimum atomic E-state index is 0.129. The Balaban J connectivity index is 2.17. The van der Waals surface area contributed by atoms with Gasteiger partial charge in [-0.3, -0.25) is 9.59 Å². The lowest BCUT2D eigenvalue weighted by molar-refractivity contribution is -0.124. The summed E-state index contributed by atoms with van der Waals surface area (Å²) in [5.41, 5.74) is 0. The van der Waals surface area contributed by atoms with Gasteiger partial charge in [-0.05, 0) is 43.4 Å². The fourth-order valence-electron chi connectivity index (χ4n) is 4.99. The number of Topliss-reactive ketones (excluding diaryl/α,β-unsaturated/α-hetero) is 2. The third-order valence-electron chi connectivity index (χ3n) is 7.10. The lowest BCUT2D eigenvalue weighted by Gasteiger charge is -2.31. The molecule has 0 bridgehead atoms. The first-order valence-electron chi connectivity index (χ1n) is 12.5. The van der Waals surface area contributed by atoms with Gasteiger partial charge in [-0.1, -0.05) is 85.5 Å². The standard InChI is InChI=1S/C26H48O2/c1-5-7-12-21(3)17-19-25(27)16-10-13-22(4)26(28)20-18-24-15-9-8-14-23(24)11-6-2/h21-24H,5-20H2,1-4H3. The fourth-order valence-corrected chi connectivity index (χ4v) is 4.99. The minimum Gasteiger partial charge on any atom is -0.300 e. The maximum atomic E-state index is 12.6. The molecule has 0 aromatic carbocycles. The van der Waals surface area contributed by atoms with Gasteiger partial charge in [0.25, 0.3) is 0 Å². The van der Waals surface area contributed by atoms with Crippen LogP contribution in [0.15, 0.2) is 0 Å². The van der Waals surface area contributed by atoms with Crippen LogP contribution in [0.1, 0.15) is 130 Å². The van der Waals surface area contributed by atoms with Crippen molar-refractivity contribution >= 4 is 11.6 Å². The van der Waals surface area contributed by atoms with E-state index in [0.717, 1.165) is 50.4 Å². The Morgan fingerprint density at radius 2 is 1.46 bits per heavy atom. The summed E-state index contributed by atoms with van der Waals surface area (Å²) in [5.74, 6) is 3.26. The number of rotatable bonds is 16. The molecular formula is C26H48O2. The predicted molar refractivity (Wildman–Crippen MR) is 121 cm³/mol. The third-order valence-corrected chi connectivity index (χ3v) is 7.10. The first-order valence-corrected chi connectivity index (χ1v) is 12.5. The van der Waals surface area contributed by atoms with E-state index in [1.165, 1.54) is 57.8 Å². The second kappa shape index (κ2) is 15.2. The van der Waals surface area contributed by atoms with Gasteiger partial charge in [-0.25, -0.2) is 0 Å². The maximum Gasteiger partial charge on any atom is 0.135 e. The van der Waals surface area contributed by atoms with E-state index in [-0.39, 0.29) is 5.92 Å². The second-order valence-electron chi connectivity index (χ2n) is 9.72. The van der Waals surface area contributed by atoms with Crippen LogP contribution in [-0.4, -0.2) is 11.6 Å². The molecule has 0 aromatic heterocycles. The average Bonchev–Trinajstić information content (AvgIpc) is 2.69. The Morgan fingerprint density at radius 1 is 0.786 bits per heavy atom. The predicted octanol–water partition coefficient (Wildman–Crippen LogP) is 7.92. The van der Waals surface area contributed by atoms with Crippen LogP contribution >= 0.6 is 0 Å². The number of hydrogen-bond donors (Lipinski definition) is 0. The first kappa shape index (κ1) is 25.4. The molecule has 1 rings (SSSR count). The molecule has 0 saturated heterocycles. The SMILES string of the molecule is CCCCC(C)CCC(=O)CCCC(C)C(=O)CCC1CCCCC1CCC. The van der Waals surface area contributed by atoms with E-state index < -0.39 is 0 Å². The van der Waals surface area contributed by atoms with Crippen molar-refractivity contribution in [1.82, 2.24) is 0 Å². The lowest BCUT2D eigenvalue weighted by atomic mass is 9.74. The zero-order valence-electron chi connectivity index (χ0n) is 19.4. The van der Waals surface area contributed by atoms with Gasteiger partial charge in [-0.2, -0.15) is 0 Å². The van der Waals surface area contributed by atoms with Crippen LogP contribution in [0.3, 0.4) is 0 Å². The fraction of sp³-hybridized carbons (Fsp3) is 0.923. The van der Waals surface area contributed by atoms with Crippen molar-refractivity contribution in [2.24, 2.45) is 23.7 Å². The van der Waals surface area contributed by atoms with E-state index >= 15 is 0 Å². The summed E-state index contributed by atoms with van der Waals surface area (Å²) in [6.45, 7) is 8.84. The van der Waals surface area contributed by atoms with Crippen molar-refractivity contribution in [3.05, 3.63) is 0 Å². The average molecular weight is 393 g/mol. The Hall–Kier alpha value is -0.660. The molecule has 0 radical (unpaired) electrons. The number of hydrogen-bond acceptors (Lipinski definition) is 2. The first-order chi connectivity index (χ1) is 13.5. The van der Waals surface area contributed by atoms with E-state index in [4.69, 9.17) is 0 Å². The molecule has 1 aliphatic carbocycles. The molecular weight excluding hydrogens is 344 g/mol. The van der Waals surface area contributed by atoms with Gasteiger partial charge in [-0.15, -0.1) is 0 Å². The van der Waals surface area contributed by atoms with Gasteiger partial charge in [0.1, 0.15) is 11.6 Å². The minimum absolute atomic E-state index is 0.129. The zero-order chi connectivity index (χ0) is 20.8. The number of ketones is 2. The van der Waals surface area contributed by atoms with Gasteiger partial charge < -0.3 is 0 Å². The number of unbranched alkanes of at least 4 members (excludes halogenated alkanes) is 1. The molecule has 4 unspecified atom stereocenters. The van der Waals surface area contributed by atoms with E-state index in [2.05, 4.69) is 27.7 Å². The molecule has 1 aliphatic rings. The van der Waals surface area contributed by atoms with Gasteiger partial charge >= 0.3 is 0 Å².